The lowest BCUT2D eigenvalue weighted by molar-refractivity contribution is -0.141. The fourth-order valence-electron chi connectivity index (χ4n) is 3.04. The number of hydrogen-bond acceptors (Lipinski definition) is 4. The second-order valence-electron chi connectivity index (χ2n) is 4.95. The van der Waals surface area contributed by atoms with Gasteiger partial charge in [-0.05, 0) is 25.7 Å². The maximum atomic E-state index is 6.06. The molecule has 1 heterocycles. The minimum absolute atomic E-state index is 0.0904. The van der Waals surface area contributed by atoms with Crippen LogP contribution in [0.5, 0.6) is 0 Å². The largest absolute Gasteiger partial charge is 0.381 e. The van der Waals surface area contributed by atoms with Crippen LogP contribution >= 0.6 is 0 Å². The van der Waals surface area contributed by atoms with Gasteiger partial charge in [0, 0.05) is 32.7 Å². The number of nitrogens with one attached hydrogen (secondary N) is 1. The van der Waals surface area contributed by atoms with Crippen molar-refractivity contribution in [3.63, 3.8) is 0 Å². The van der Waals surface area contributed by atoms with Crippen molar-refractivity contribution in [1.29, 1.82) is 0 Å². The Hall–Kier alpha value is -0.160. The van der Waals surface area contributed by atoms with Gasteiger partial charge in [-0.2, -0.15) is 0 Å². The monoisotopic (exact) mass is 228 g/mol. The molecule has 94 valence electrons. The quantitative estimate of drug-likeness (QED) is 0.548. The van der Waals surface area contributed by atoms with Gasteiger partial charge in [0.2, 0.25) is 0 Å². The Morgan fingerprint density at radius 1 is 1.44 bits per heavy atom. The average molecular weight is 228 g/mol. The molecule has 0 amide bonds. The molecule has 1 saturated heterocycles. The molecule has 0 aromatic rings. The van der Waals surface area contributed by atoms with Crippen LogP contribution in [-0.4, -0.2) is 31.5 Å². The zero-order valence-electron chi connectivity index (χ0n) is 10.2. The molecular weight excluding hydrogens is 204 g/mol. The van der Waals surface area contributed by atoms with Crippen LogP contribution in [0.15, 0.2) is 0 Å². The van der Waals surface area contributed by atoms with Gasteiger partial charge in [-0.15, -0.1) is 0 Å². The van der Waals surface area contributed by atoms with Crippen molar-refractivity contribution in [1.82, 2.24) is 5.43 Å². The highest BCUT2D eigenvalue weighted by Crippen LogP contribution is 2.39. The van der Waals surface area contributed by atoms with Gasteiger partial charge in [-0.1, -0.05) is 6.42 Å². The molecule has 0 aromatic heterocycles. The first-order valence-electron chi connectivity index (χ1n) is 6.50. The molecule has 1 saturated carbocycles. The van der Waals surface area contributed by atoms with Gasteiger partial charge in [0.05, 0.1) is 11.6 Å². The van der Waals surface area contributed by atoms with E-state index in [0.29, 0.717) is 12.0 Å². The van der Waals surface area contributed by atoms with Gasteiger partial charge in [0.25, 0.3) is 0 Å². The van der Waals surface area contributed by atoms with Crippen molar-refractivity contribution < 1.29 is 9.47 Å². The minimum Gasteiger partial charge on any atom is -0.381 e. The first kappa shape index (κ1) is 12.3. The van der Waals surface area contributed by atoms with E-state index in [9.17, 15) is 0 Å². The molecule has 1 aliphatic carbocycles. The summed E-state index contributed by atoms with van der Waals surface area (Å²) in [5, 5.41) is 0. The lowest BCUT2D eigenvalue weighted by Gasteiger charge is -2.48. The summed E-state index contributed by atoms with van der Waals surface area (Å²) in [5.41, 5.74) is 2.93. The first-order chi connectivity index (χ1) is 7.82. The maximum absolute atomic E-state index is 6.06. The van der Waals surface area contributed by atoms with Crippen molar-refractivity contribution in [2.45, 2.75) is 50.7 Å². The Kier molecular flexibility index (Phi) is 4.19. The van der Waals surface area contributed by atoms with Crippen molar-refractivity contribution >= 4 is 0 Å². The third-order valence-corrected chi connectivity index (χ3v) is 4.14. The second-order valence-corrected chi connectivity index (χ2v) is 4.95. The molecule has 1 aliphatic heterocycles. The Morgan fingerprint density at radius 2 is 2.12 bits per heavy atom. The van der Waals surface area contributed by atoms with Crippen molar-refractivity contribution in [3.8, 4) is 0 Å². The van der Waals surface area contributed by atoms with Gasteiger partial charge in [-0.3, -0.25) is 11.3 Å². The summed E-state index contributed by atoms with van der Waals surface area (Å²) in [5.74, 6) is 6.45. The SMILES string of the molecule is CCOC1(C(NN)C2CCC2)CCOCC1. The van der Waals surface area contributed by atoms with Gasteiger partial charge in [0.15, 0.2) is 0 Å². The maximum Gasteiger partial charge on any atom is 0.0894 e. The summed E-state index contributed by atoms with van der Waals surface area (Å²) in [6.45, 7) is 4.41. The minimum atomic E-state index is -0.0904. The summed E-state index contributed by atoms with van der Waals surface area (Å²) in [7, 11) is 0. The molecule has 2 fully saturated rings. The van der Waals surface area contributed by atoms with E-state index in [0.717, 1.165) is 32.7 Å². The predicted molar refractivity (Wildman–Crippen MR) is 62.9 cm³/mol. The summed E-state index contributed by atoms with van der Waals surface area (Å²) >= 11 is 0. The van der Waals surface area contributed by atoms with Gasteiger partial charge >= 0.3 is 0 Å². The van der Waals surface area contributed by atoms with Crippen LogP contribution < -0.4 is 11.3 Å². The number of nitrogens with two attached hydrogens (primary N) is 1. The van der Waals surface area contributed by atoms with Crippen molar-refractivity contribution in [2.24, 2.45) is 11.8 Å². The topological polar surface area (TPSA) is 56.5 Å². The van der Waals surface area contributed by atoms with Crippen LogP contribution in [0.2, 0.25) is 0 Å². The van der Waals surface area contributed by atoms with Crippen LogP contribution in [0.1, 0.15) is 39.0 Å². The summed E-state index contributed by atoms with van der Waals surface area (Å²) < 4.78 is 11.5. The average Bonchev–Trinajstić information content (AvgIpc) is 2.24. The number of hydrazine groups is 1. The Bertz CT molecular complexity index is 208. The molecule has 4 heteroatoms. The van der Waals surface area contributed by atoms with E-state index in [1.54, 1.807) is 0 Å². The van der Waals surface area contributed by atoms with E-state index in [1.165, 1.54) is 19.3 Å². The Labute approximate surface area is 97.8 Å². The number of rotatable bonds is 5. The van der Waals surface area contributed by atoms with Crippen LogP contribution in [0.3, 0.4) is 0 Å². The molecule has 16 heavy (non-hydrogen) atoms. The van der Waals surface area contributed by atoms with E-state index >= 15 is 0 Å². The third kappa shape index (κ3) is 2.25. The standard InChI is InChI=1S/C12H24N2O2/c1-2-16-12(6-8-15-9-7-12)11(14-13)10-4-3-5-10/h10-11,14H,2-9,13H2,1H3. The van der Waals surface area contributed by atoms with Gasteiger partial charge in [-0.25, -0.2) is 0 Å². The highest BCUT2D eigenvalue weighted by Gasteiger charge is 2.45. The van der Waals surface area contributed by atoms with Crippen LogP contribution in [0, 0.1) is 5.92 Å². The normalized spacial score (nSPS) is 27.4. The fourth-order valence-corrected chi connectivity index (χ4v) is 3.04. The molecule has 0 bridgehead atoms. The molecule has 3 N–H and O–H groups in total. The van der Waals surface area contributed by atoms with Crippen LogP contribution in [0.4, 0.5) is 0 Å². The molecule has 2 aliphatic rings. The fraction of sp³-hybridized carbons (Fsp3) is 1.00. The predicted octanol–water partition coefficient (Wildman–Crippen LogP) is 1.20. The molecule has 1 unspecified atom stereocenters. The second kappa shape index (κ2) is 5.45. The lowest BCUT2D eigenvalue weighted by atomic mass is 9.70. The van der Waals surface area contributed by atoms with Crippen LogP contribution in [-0.2, 0) is 9.47 Å². The highest BCUT2D eigenvalue weighted by molar-refractivity contribution is 4.99. The smallest absolute Gasteiger partial charge is 0.0894 e. The Morgan fingerprint density at radius 3 is 2.56 bits per heavy atom. The van der Waals surface area contributed by atoms with Crippen LogP contribution in [0.25, 0.3) is 0 Å². The third-order valence-electron chi connectivity index (χ3n) is 4.14. The molecule has 0 radical (unpaired) electrons. The first-order valence-corrected chi connectivity index (χ1v) is 6.50. The number of ether oxygens (including phenoxy) is 2. The van der Waals surface area contributed by atoms with Crippen molar-refractivity contribution in [3.05, 3.63) is 0 Å². The molecule has 0 spiro atoms. The van der Waals surface area contributed by atoms with E-state index in [2.05, 4.69) is 12.3 Å². The molecule has 0 aromatic carbocycles. The van der Waals surface area contributed by atoms with E-state index < -0.39 is 0 Å². The van der Waals surface area contributed by atoms with E-state index in [4.69, 9.17) is 15.3 Å². The van der Waals surface area contributed by atoms with E-state index in [-0.39, 0.29) is 5.60 Å². The molecular formula is C12H24N2O2. The molecule has 2 rings (SSSR count). The highest BCUT2D eigenvalue weighted by atomic mass is 16.5. The zero-order chi connectivity index (χ0) is 11.4. The van der Waals surface area contributed by atoms with Gasteiger partial charge in [0.1, 0.15) is 0 Å². The van der Waals surface area contributed by atoms with Crippen molar-refractivity contribution in [2.75, 3.05) is 19.8 Å². The summed E-state index contributed by atoms with van der Waals surface area (Å²) in [6, 6.07) is 0.296. The Balaban J connectivity index is 2.07. The molecule has 4 nitrogen and oxygen atoms in total. The zero-order valence-corrected chi connectivity index (χ0v) is 10.2. The summed E-state index contributed by atoms with van der Waals surface area (Å²) in [6.07, 6.45) is 5.83. The molecule has 1 atom stereocenters. The summed E-state index contributed by atoms with van der Waals surface area (Å²) in [4.78, 5) is 0. The lowest BCUT2D eigenvalue weighted by Crippen LogP contribution is -2.61. The number of hydrogen-bond donors (Lipinski definition) is 2. The van der Waals surface area contributed by atoms with Gasteiger partial charge < -0.3 is 9.47 Å². The van der Waals surface area contributed by atoms with E-state index in [1.807, 2.05) is 0 Å².